The van der Waals surface area contributed by atoms with Gasteiger partial charge in [0.25, 0.3) is 0 Å². The fourth-order valence-electron chi connectivity index (χ4n) is 0.493. The molecule has 0 aliphatic carbocycles. The van der Waals surface area contributed by atoms with Crippen LogP contribution in [-0.2, 0) is 87.2 Å². The molecule has 0 bridgehead atoms. The third-order valence-electron chi connectivity index (χ3n) is 2.16. The van der Waals surface area contributed by atoms with Crippen molar-refractivity contribution in [1.29, 1.82) is 0 Å². The van der Waals surface area contributed by atoms with Crippen LogP contribution in [-0.4, -0.2) is 135 Å². The molecule has 9 N–H and O–H groups in total. The number of azide groups is 1. The Morgan fingerprint density at radius 1 is 0.871 bits per heavy atom. The van der Waals surface area contributed by atoms with E-state index in [1.807, 2.05) is 0 Å². The predicted octanol–water partition coefficient (Wildman–Crippen LogP) is 4.09. The van der Waals surface area contributed by atoms with Gasteiger partial charge in [0.2, 0.25) is 0 Å². The van der Waals surface area contributed by atoms with E-state index in [1.54, 1.807) is 27.7 Å². The summed E-state index contributed by atoms with van der Waals surface area (Å²) in [5.41, 5.74) is 32.4. The first-order chi connectivity index (χ1) is 26.2. The number of rotatable bonds is 9. The maximum absolute atomic E-state index is 9.94. The maximum Gasteiger partial charge on any atom is 2.00 e. The number of aliphatic hydroxyl groups is 5. The van der Waals surface area contributed by atoms with Crippen molar-refractivity contribution in [2.75, 3.05) is 31.5 Å². The van der Waals surface area contributed by atoms with E-state index >= 15 is 0 Å². The van der Waals surface area contributed by atoms with Crippen LogP contribution in [0, 0.1) is 21.0 Å². The monoisotopic (exact) mass is 1780 g/mol. The number of carbonyl (C=O) groups excluding carboxylic acids is 5. The quantitative estimate of drug-likeness (QED) is 0.0198. The first kappa shape index (κ1) is 120. The number of halogens is 7. The molecule has 0 aromatic heterocycles. The van der Waals surface area contributed by atoms with E-state index < -0.39 is 22.6 Å². The zero-order valence-electron chi connectivity index (χ0n) is 36.3. The number of nitrogens with two attached hydrogens (primary N) is 1. The molecule has 0 radical (unpaired) electrons. The van der Waals surface area contributed by atoms with E-state index in [2.05, 4.69) is 92.3 Å². The van der Waals surface area contributed by atoms with Gasteiger partial charge in [0, 0.05) is 58.0 Å². The fourth-order valence-corrected chi connectivity index (χ4v) is 0.493. The Balaban J connectivity index is -0.0000000213. The number of alkyl halides is 4. The van der Waals surface area contributed by atoms with E-state index in [4.69, 9.17) is 103 Å². The van der Waals surface area contributed by atoms with E-state index in [0.717, 1.165) is 6.21 Å². The summed E-state index contributed by atoms with van der Waals surface area (Å²) in [5.74, 6) is 0.225. The minimum absolute atomic E-state index is 0. The number of aliphatic hydroxyl groups excluding tert-OH is 5. The molecule has 5 atom stereocenters. The molecule has 0 saturated carbocycles. The normalized spacial score (nSPS) is 9.35. The summed E-state index contributed by atoms with van der Waals surface area (Å²) in [5, 5.41) is 55.1. The van der Waals surface area contributed by atoms with Crippen molar-refractivity contribution in [2.24, 2.45) is 15.8 Å². The number of aliphatic imine (C=N–C) groups is 1. The first-order valence-electron chi connectivity index (χ1n) is 14.8. The molecular weight excluding hydrogens is 1720 g/mol. The molecule has 0 aliphatic heterocycles. The van der Waals surface area contributed by atoms with Gasteiger partial charge in [-0.05, 0) is 80.7 Å². The van der Waals surface area contributed by atoms with Crippen molar-refractivity contribution in [3.05, 3.63) is 58.6 Å². The average Bonchev–Trinajstić information content (AvgIpc) is 3.10. The van der Waals surface area contributed by atoms with Crippen LogP contribution in [0.4, 0.5) is 0 Å². The molecular formula is C30H63Br3Cl3IN11NaO10W3. The Morgan fingerprint density at radius 3 is 1.11 bits per heavy atom. The summed E-state index contributed by atoms with van der Waals surface area (Å²) >= 11 is 22.9. The Hall–Kier alpha value is 1.83. The smallest absolute Gasteiger partial charge is 0.812 e. The van der Waals surface area contributed by atoms with Crippen molar-refractivity contribution < 1.29 is 142 Å². The number of hydrogen-bond donors (Lipinski definition) is 7. The molecule has 21 nitrogen and oxygen atoms in total. The molecule has 0 aliphatic rings. The largest absolute Gasteiger partial charge is 2.00 e. The third kappa shape index (κ3) is 582. The van der Waals surface area contributed by atoms with Gasteiger partial charge in [-0.15, -0.1) is 36.7 Å². The minimum Gasteiger partial charge on any atom is -0.812 e. The summed E-state index contributed by atoms with van der Waals surface area (Å²) in [7, 11) is 6.45. The Labute approximate surface area is 490 Å². The van der Waals surface area contributed by atoms with Crippen LogP contribution in [0.25, 0.3) is 37.6 Å². The SMILES string of the molecule is BrBr.CC(=O)CBr.CC(=O)CN=[N+]=[N-].CC(C)=O.CC(O)C=[N-].CC(O)CN.CC(O)C[NH-].ClC(Cl)Cl.I.[CH-]=O.[CH2-]C=O.[CH2-]N=CC(C)O.[CH2-]NCC(C)O.[N-]=[N+]=[N-].[Na+].[W+2].[W+2].[W+2]. The first-order valence-corrected chi connectivity index (χ1v) is 20.9. The molecule has 0 saturated heterocycles. The zero-order valence-corrected chi connectivity index (χ0v) is 56.4. The van der Waals surface area contributed by atoms with Crippen molar-refractivity contribution >= 4 is 146 Å². The zero-order chi connectivity index (χ0) is 49.4. The molecule has 5 unspecified atom stereocenters. The molecule has 0 aromatic carbocycles. The van der Waals surface area contributed by atoms with Gasteiger partial charge in [-0.1, -0.05) is 55.8 Å². The van der Waals surface area contributed by atoms with Crippen molar-refractivity contribution in [3.8, 4) is 0 Å². The molecule has 62 heavy (non-hydrogen) atoms. The number of nitrogens with one attached hydrogen (secondary N) is 2. The van der Waals surface area contributed by atoms with Gasteiger partial charge >= 0.3 is 92.8 Å². The third-order valence-corrected chi connectivity index (χ3v) is 2.95. The van der Waals surface area contributed by atoms with E-state index in [-0.39, 0.29) is 159 Å². The second-order valence-corrected chi connectivity index (χ2v) is 11.3. The molecule has 0 rings (SSSR count). The summed E-state index contributed by atoms with van der Waals surface area (Å²) in [6.45, 7) is 21.1. The second kappa shape index (κ2) is 137. The molecule has 0 spiro atoms. The van der Waals surface area contributed by atoms with Crippen LogP contribution in [0.3, 0.4) is 0 Å². The van der Waals surface area contributed by atoms with Gasteiger partial charge in [0.1, 0.15) is 17.3 Å². The van der Waals surface area contributed by atoms with E-state index in [1.165, 1.54) is 45.7 Å². The van der Waals surface area contributed by atoms with Crippen LogP contribution in [0.2, 0.25) is 0 Å². The van der Waals surface area contributed by atoms with Crippen LogP contribution in [0.5, 0.6) is 0 Å². The van der Waals surface area contributed by atoms with Crippen molar-refractivity contribution in [3.63, 3.8) is 0 Å². The summed E-state index contributed by atoms with van der Waals surface area (Å²) in [4.78, 5) is 52.8. The topological polar surface area (TPSA) is 390 Å². The molecule has 32 heteroatoms. The Bertz CT molecular complexity index is 898. The van der Waals surface area contributed by atoms with Gasteiger partial charge in [-0.2, -0.15) is 13.3 Å². The van der Waals surface area contributed by atoms with E-state index in [9.17, 15) is 14.4 Å². The summed E-state index contributed by atoms with van der Waals surface area (Å²) in [6.07, 6.45) is 0.380. The van der Waals surface area contributed by atoms with Crippen molar-refractivity contribution in [2.45, 2.75) is 97.1 Å². The van der Waals surface area contributed by atoms with Crippen molar-refractivity contribution in [1.82, 2.24) is 5.32 Å². The standard InChI is InChI=1S/C4H10NO.C4H8NO.C3H5BrO.C3H5N3O.C3H9NO.C3H8NO.C3H6NO.C3H6O.C2H3O.CHCl3.CHO.Br2.HI.N3.Na.3W/c2*1-4(6)3-5-2;1-3(5)2-4;1-3(7)2-5-6-4;3*1-3(5)2-4;1-3(2)4;1-2-3;2-1(3)4;2*1-2;;1-3-2;;;;/h4-6H,2-3H2,1H3;3-4,6H,2H2,1H3;2H2,1H3;2H2,1H3;3,5H,2,4H2,1H3;3-5H,2H2,1H3;2-3,5H,1H3;1-2H3;2H,1H2;1H;1H;;1H;;;;;/q2*-1;;;;2*-1;;-1;;-1;;;-1;+1;3*+2. The fraction of sp³-hybridized carbons (Fsp3) is 0.667. The number of ketones is 3. The molecule has 0 aromatic rings. The van der Waals surface area contributed by atoms with Crippen LogP contribution >= 0.6 is 103 Å². The molecule has 0 heterocycles. The second-order valence-electron chi connectivity index (χ2n) is 8.74. The average molecular weight is 1790 g/mol. The predicted molar refractivity (Wildman–Crippen MR) is 262 cm³/mol. The Kier molecular flexibility index (Phi) is 266. The summed E-state index contributed by atoms with van der Waals surface area (Å²) < 4.78 is -0.750. The van der Waals surface area contributed by atoms with Crippen LogP contribution < -0.4 is 40.6 Å². The van der Waals surface area contributed by atoms with Gasteiger partial charge in [-0.25, -0.2) is 0 Å². The number of Topliss-reactive ketones (excluding diaryl/α,β-unsaturated/α-hetero) is 3. The van der Waals surface area contributed by atoms with Gasteiger partial charge in [0.15, 0.2) is 4.30 Å². The Morgan fingerprint density at radius 2 is 1.10 bits per heavy atom. The number of carbonyl (C=O) groups is 4. The minimum atomic E-state index is -0.750. The number of nitrogens with zero attached hydrogens (tertiary/aromatic N) is 8. The van der Waals surface area contributed by atoms with E-state index in [0.29, 0.717) is 24.7 Å². The molecule has 366 valence electrons. The molecule has 0 amide bonds. The van der Waals surface area contributed by atoms with Crippen LogP contribution in [0.1, 0.15) is 62.3 Å². The van der Waals surface area contributed by atoms with Crippen LogP contribution in [0.15, 0.2) is 10.1 Å². The summed E-state index contributed by atoms with van der Waals surface area (Å²) in [6, 6.07) is 0. The number of hydrogen-bond acceptors (Lipinski definition) is 14. The van der Waals surface area contributed by atoms with Gasteiger partial charge in [0.05, 0.1) is 24.1 Å². The number of aldehydes is 1. The maximum atomic E-state index is 9.94. The molecule has 0 fully saturated rings. The van der Waals surface area contributed by atoms with Gasteiger partial charge < -0.3 is 85.1 Å². The van der Waals surface area contributed by atoms with Gasteiger partial charge in [-0.3, -0.25) is 28.3 Å².